The molecule has 2 unspecified atom stereocenters. The Morgan fingerprint density at radius 2 is 1.62 bits per heavy atom. The number of aromatic nitrogens is 2. The fourth-order valence-corrected chi connectivity index (χ4v) is 7.96. The van der Waals surface area contributed by atoms with Crippen molar-refractivity contribution in [3.8, 4) is 0 Å². The number of nitrogens with zero attached hydrogens (tertiary/aromatic N) is 4. The van der Waals surface area contributed by atoms with Crippen LogP contribution in [0, 0.1) is 6.92 Å². The molecule has 2 aromatic carbocycles. The third kappa shape index (κ3) is 4.43. The molecule has 2 bridgehead atoms. The summed E-state index contributed by atoms with van der Waals surface area (Å²) < 4.78 is 2.52. The minimum absolute atomic E-state index is 0.134. The third-order valence-corrected chi connectivity index (χ3v) is 9.99. The van der Waals surface area contributed by atoms with Gasteiger partial charge in [0.2, 0.25) is 0 Å². The number of benzene rings is 2. The van der Waals surface area contributed by atoms with Gasteiger partial charge in [-0.1, -0.05) is 42.5 Å². The molecule has 1 saturated carbocycles. The van der Waals surface area contributed by atoms with Gasteiger partial charge in [0.15, 0.2) is 0 Å². The van der Waals surface area contributed by atoms with E-state index in [1.54, 1.807) is 7.05 Å². The van der Waals surface area contributed by atoms with E-state index >= 15 is 0 Å². The molecule has 6 nitrogen and oxygen atoms in total. The van der Waals surface area contributed by atoms with Crippen molar-refractivity contribution < 1.29 is 9.90 Å². The lowest BCUT2D eigenvalue weighted by molar-refractivity contribution is 0.0807. The highest BCUT2D eigenvalue weighted by Gasteiger charge is 2.44. The Morgan fingerprint density at radius 3 is 2.30 bits per heavy atom. The van der Waals surface area contributed by atoms with Crippen LogP contribution in [-0.4, -0.2) is 62.3 Å². The summed E-state index contributed by atoms with van der Waals surface area (Å²) >= 11 is 0. The number of piperidine rings is 1. The van der Waals surface area contributed by atoms with Crippen LogP contribution in [0.4, 0.5) is 4.79 Å². The molecule has 3 aromatic rings. The molecule has 1 aliphatic carbocycles. The molecule has 37 heavy (non-hydrogen) atoms. The number of carbonyl (C=O) groups is 1. The molecule has 0 radical (unpaired) electrons. The van der Waals surface area contributed by atoms with E-state index < -0.39 is 6.09 Å². The molecule has 2 atom stereocenters. The molecule has 3 fully saturated rings. The summed E-state index contributed by atoms with van der Waals surface area (Å²) in [6.45, 7) is 3.30. The predicted molar refractivity (Wildman–Crippen MR) is 147 cm³/mol. The first-order valence-corrected chi connectivity index (χ1v) is 14.2. The van der Waals surface area contributed by atoms with Gasteiger partial charge in [-0.3, -0.25) is 4.90 Å². The summed E-state index contributed by atoms with van der Waals surface area (Å²) in [5.41, 5.74) is 3.98. The molecule has 196 valence electrons. The fraction of sp³-hybridized carbons (Fsp3) is 0.548. The number of amides is 1. The van der Waals surface area contributed by atoms with Gasteiger partial charge in [-0.25, -0.2) is 9.78 Å². The summed E-state index contributed by atoms with van der Waals surface area (Å²) in [4.78, 5) is 20.8. The van der Waals surface area contributed by atoms with Gasteiger partial charge in [-0.05, 0) is 94.4 Å². The highest BCUT2D eigenvalue weighted by molar-refractivity contribution is 5.76. The summed E-state index contributed by atoms with van der Waals surface area (Å²) in [7, 11) is 1.73. The van der Waals surface area contributed by atoms with Crippen LogP contribution in [0.2, 0.25) is 0 Å². The lowest BCUT2D eigenvalue weighted by Gasteiger charge is -2.45. The molecule has 6 heteroatoms. The van der Waals surface area contributed by atoms with Gasteiger partial charge in [-0.2, -0.15) is 0 Å². The quantitative estimate of drug-likeness (QED) is 0.426. The Balaban J connectivity index is 1.18. The first-order valence-electron chi connectivity index (χ1n) is 14.2. The van der Waals surface area contributed by atoms with Crippen molar-refractivity contribution in [3.05, 3.63) is 66.0 Å². The number of hydrogen-bond donors (Lipinski definition) is 1. The standard InChI is InChI=1S/C31H40N4O2/c1-22-32-28-10-6-7-11-29(28)35(22)27-20-25-12-13-26(21-27)34(25)19-18-31(23-8-4-3-5-9-23)16-14-24(15-17-31)33(2)30(36)37/h3-11,24-27H,12-21H2,1-2H3,(H,36,37). The van der Waals surface area contributed by atoms with Gasteiger partial charge in [-0.15, -0.1) is 0 Å². The second kappa shape index (κ2) is 9.79. The maximum Gasteiger partial charge on any atom is 0.407 e. The Kier molecular flexibility index (Phi) is 6.47. The van der Waals surface area contributed by atoms with E-state index in [0.29, 0.717) is 18.1 Å². The molecular weight excluding hydrogens is 460 g/mol. The van der Waals surface area contributed by atoms with Crippen molar-refractivity contribution in [1.82, 2.24) is 19.4 Å². The van der Waals surface area contributed by atoms with Crippen molar-refractivity contribution in [2.24, 2.45) is 0 Å². The largest absolute Gasteiger partial charge is 0.465 e. The van der Waals surface area contributed by atoms with E-state index in [1.807, 2.05) is 0 Å². The van der Waals surface area contributed by atoms with Crippen molar-refractivity contribution >= 4 is 17.1 Å². The van der Waals surface area contributed by atoms with E-state index in [-0.39, 0.29) is 11.5 Å². The molecule has 6 rings (SSSR count). The van der Waals surface area contributed by atoms with Gasteiger partial charge >= 0.3 is 6.09 Å². The van der Waals surface area contributed by atoms with Gasteiger partial charge in [0.25, 0.3) is 0 Å². The van der Waals surface area contributed by atoms with Crippen molar-refractivity contribution in [2.75, 3.05) is 13.6 Å². The van der Waals surface area contributed by atoms with Gasteiger partial charge in [0.05, 0.1) is 11.0 Å². The highest BCUT2D eigenvalue weighted by atomic mass is 16.4. The first kappa shape index (κ1) is 24.5. The van der Waals surface area contributed by atoms with Gasteiger partial charge < -0.3 is 14.6 Å². The fourth-order valence-electron chi connectivity index (χ4n) is 7.96. The molecule has 1 aromatic heterocycles. The van der Waals surface area contributed by atoms with Gasteiger partial charge in [0.1, 0.15) is 5.82 Å². The maximum absolute atomic E-state index is 11.6. The predicted octanol–water partition coefficient (Wildman–Crippen LogP) is 6.39. The molecule has 2 saturated heterocycles. The number of hydrogen-bond acceptors (Lipinski definition) is 3. The van der Waals surface area contributed by atoms with Crippen molar-refractivity contribution in [3.63, 3.8) is 0 Å². The van der Waals surface area contributed by atoms with Crippen molar-refractivity contribution in [2.45, 2.75) is 94.3 Å². The first-order chi connectivity index (χ1) is 17.9. The molecule has 1 N–H and O–H groups in total. The van der Waals surface area contributed by atoms with Crippen LogP contribution in [0.1, 0.15) is 75.2 Å². The second-order valence-electron chi connectivity index (χ2n) is 11.8. The van der Waals surface area contributed by atoms with Crippen LogP contribution in [-0.2, 0) is 5.41 Å². The van der Waals surface area contributed by atoms with E-state index in [2.05, 4.69) is 71.0 Å². The van der Waals surface area contributed by atoms with Crippen LogP contribution in [0.15, 0.2) is 54.6 Å². The molecule has 0 spiro atoms. The topological polar surface area (TPSA) is 61.6 Å². The zero-order valence-electron chi connectivity index (χ0n) is 22.2. The van der Waals surface area contributed by atoms with Crippen LogP contribution >= 0.6 is 0 Å². The summed E-state index contributed by atoms with van der Waals surface area (Å²) in [5, 5.41) is 9.50. The minimum atomic E-state index is -0.808. The van der Waals surface area contributed by atoms with Crippen LogP contribution in [0.25, 0.3) is 11.0 Å². The van der Waals surface area contributed by atoms with E-state index in [1.165, 1.54) is 41.7 Å². The van der Waals surface area contributed by atoms with Crippen LogP contribution in [0.3, 0.4) is 0 Å². The van der Waals surface area contributed by atoms with Crippen LogP contribution in [0.5, 0.6) is 0 Å². The number of imidazole rings is 1. The number of para-hydroxylation sites is 2. The number of rotatable bonds is 6. The summed E-state index contributed by atoms with van der Waals surface area (Å²) in [6.07, 6.45) is 9.38. The smallest absolute Gasteiger partial charge is 0.407 e. The molecule has 2 aliphatic heterocycles. The minimum Gasteiger partial charge on any atom is -0.465 e. The zero-order valence-corrected chi connectivity index (χ0v) is 22.2. The lowest BCUT2D eigenvalue weighted by Crippen LogP contribution is -2.47. The average Bonchev–Trinajstić information content (AvgIpc) is 3.38. The highest BCUT2D eigenvalue weighted by Crippen LogP contribution is 2.46. The monoisotopic (exact) mass is 500 g/mol. The number of carboxylic acid groups (broad SMARTS) is 1. The summed E-state index contributed by atoms with van der Waals surface area (Å²) in [6, 6.07) is 21.6. The Labute approximate surface area is 220 Å². The van der Waals surface area contributed by atoms with E-state index in [0.717, 1.165) is 50.0 Å². The van der Waals surface area contributed by atoms with E-state index in [9.17, 15) is 9.90 Å². The number of fused-ring (bicyclic) bond motifs is 3. The molecular formula is C31H40N4O2. The summed E-state index contributed by atoms with van der Waals surface area (Å²) in [5.74, 6) is 1.14. The Morgan fingerprint density at radius 1 is 0.973 bits per heavy atom. The second-order valence-corrected chi connectivity index (χ2v) is 11.8. The maximum atomic E-state index is 11.6. The zero-order chi connectivity index (χ0) is 25.6. The van der Waals surface area contributed by atoms with Gasteiger partial charge in [0, 0.05) is 31.2 Å². The van der Waals surface area contributed by atoms with Crippen LogP contribution < -0.4 is 0 Å². The molecule has 3 aliphatic rings. The SMILES string of the molecule is Cc1nc2ccccc2n1C1CC2CCC(C1)N2CCC1(c2ccccc2)CCC(N(C)C(=O)O)CC1. The van der Waals surface area contributed by atoms with Crippen molar-refractivity contribution in [1.29, 1.82) is 0 Å². The Bertz CT molecular complexity index is 1230. The normalized spacial score (nSPS) is 30.0. The molecule has 1 amide bonds. The average molecular weight is 501 g/mol. The number of aryl methyl sites for hydroxylation is 1. The lowest BCUT2D eigenvalue weighted by atomic mass is 9.66. The molecule has 3 heterocycles. The Hall–Kier alpha value is -2.86. The van der Waals surface area contributed by atoms with E-state index in [4.69, 9.17) is 4.98 Å². The third-order valence-electron chi connectivity index (χ3n) is 9.99.